The lowest BCUT2D eigenvalue weighted by Gasteiger charge is -2.31. The zero-order valence-electron chi connectivity index (χ0n) is 16.7. The topological polar surface area (TPSA) is 26.3 Å². The van der Waals surface area contributed by atoms with Crippen LogP contribution < -0.4 is 0 Å². The highest BCUT2D eigenvalue weighted by Gasteiger charge is 2.30. The van der Waals surface area contributed by atoms with Crippen LogP contribution in [0.1, 0.15) is 104 Å². The highest BCUT2D eigenvalue weighted by molar-refractivity contribution is 5.72. The Morgan fingerprint density at radius 2 is 1.64 bits per heavy atom. The Labute approximate surface area is 155 Å². The molecule has 2 saturated carbocycles. The number of ether oxygens (including phenoxy) is 1. The van der Waals surface area contributed by atoms with E-state index in [4.69, 9.17) is 4.74 Å². The van der Waals surface area contributed by atoms with E-state index in [-0.39, 0.29) is 18.0 Å². The number of unbranched alkanes of at least 4 members (excludes halogenated alkanes) is 3. The molecule has 0 bridgehead atoms. The Bertz CT molecular complexity index is 385. The molecule has 0 unspecified atom stereocenters. The monoisotopic (exact) mass is 348 g/mol. The standard InChI is InChI=1S/C23H40O2/c1-3-5-7-9-19-11-15-21(16-12-19)23(24)25-22-17-13-20(14-18-22)10-8-6-4-2/h8,10,19-22H,3-7,9,11-18H2,1-2H3/b10-8+. The highest BCUT2D eigenvalue weighted by Crippen LogP contribution is 2.34. The van der Waals surface area contributed by atoms with Gasteiger partial charge in [0, 0.05) is 0 Å². The SMILES string of the molecule is CCC/C=C/C1CCC(OC(=O)C2CCC(CCCCC)CC2)CC1. The molecule has 0 N–H and O–H groups in total. The molecule has 2 fully saturated rings. The summed E-state index contributed by atoms with van der Waals surface area (Å²) in [5.41, 5.74) is 0. The molecule has 0 aliphatic heterocycles. The number of esters is 1. The molecular formula is C23H40O2. The highest BCUT2D eigenvalue weighted by atomic mass is 16.5. The molecule has 2 aliphatic rings. The van der Waals surface area contributed by atoms with Gasteiger partial charge in [-0.05, 0) is 69.6 Å². The van der Waals surface area contributed by atoms with Gasteiger partial charge in [-0.1, -0.05) is 58.1 Å². The van der Waals surface area contributed by atoms with Gasteiger partial charge in [0.15, 0.2) is 0 Å². The third-order valence-corrected chi connectivity index (χ3v) is 6.26. The zero-order valence-corrected chi connectivity index (χ0v) is 16.7. The van der Waals surface area contributed by atoms with Crippen LogP contribution in [0.25, 0.3) is 0 Å². The molecule has 0 radical (unpaired) electrons. The maximum absolute atomic E-state index is 12.5. The molecule has 2 heteroatoms. The van der Waals surface area contributed by atoms with Crippen molar-refractivity contribution in [2.24, 2.45) is 17.8 Å². The van der Waals surface area contributed by atoms with Crippen molar-refractivity contribution in [2.75, 3.05) is 0 Å². The molecule has 0 aromatic heterocycles. The third kappa shape index (κ3) is 7.54. The van der Waals surface area contributed by atoms with E-state index in [0.29, 0.717) is 5.92 Å². The van der Waals surface area contributed by atoms with Crippen LogP contribution >= 0.6 is 0 Å². The lowest BCUT2D eigenvalue weighted by atomic mass is 9.79. The summed E-state index contributed by atoms with van der Waals surface area (Å²) in [6.07, 6.45) is 21.8. The Hall–Kier alpha value is -0.790. The summed E-state index contributed by atoms with van der Waals surface area (Å²) in [5.74, 6) is 1.86. The van der Waals surface area contributed by atoms with Gasteiger partial charge in [0.05, 0.1) is 5.92 Å². The van der Waals surface area contributed by atoms with Crippen molar-refractivity contribution in [1.29, 1.82) is 0 Å². The molecule has 0 spiro atoms. The second kappa shape index (κ2) is 11.8. The number of hydrogen-bond acceptors (Lipinski definition) is 2. The third-order valence-electron chi connectivity index (χ3n) is 6.26. The van der Waals surface area contributed by atoms with Gasteiger partial charge in [0.25, 0.3) is 0 Å². The van der Waals surface area contributed by atoms with E-state index in [1.54, 1.807) is 0 Å². The second-order valence-electron chi connectivity index (χ2n) is 8.40. The van der Waals surface area contributed by atoms with E-state index in [1.807, 2.05) is 0 Å². The lowest BCUT2D eigenvalue weighted by molar-refractivity contribution is -0.157. The largest absolute Gasteiger partial charge is 0.462 e. The fourth-order valence-corrected chi connectivity index (χ4v) is 4.48. The molecule has 0 atom stereocenters. The van der Waals surface area contributed by atoms with Gasteiger partial charge < -0.3 is 4.74 Å². The van der Waals surface area contributed by atoms with E-state index < -0.39 is 0 Å². The molecule has 0 aromatic carbocycles. The Morgan fingerprint density at radius 3 is 2.28 bits per heavy atom. The number of hydrogen-bond donors (Lipinski definition) is 0. The summed E-state index contributed by atoms with van der Waals surface area (Å²) in [4.78, 5) is 12.5. The van der Waals surface area contributed by atoms with Crippen LogP contribution in [0, 0.1) is 17.8 Å². The van der Waals surface area contributed by atoms with Crippen molar-refractivity contribution < 1.29 is 9.53 Å². The molecule has 0 saturated heterocycles. The van der Waals surface area contributed by atoms with Gasteiger partial charge in [0.1, 0.15) is 6.10 Å². The van der Waals surface area contributed by atoms with Crippen molar-refractivity contribution in [3.8, 4) is 0 Å². The van der Waals surface area contributed by atoms with Crippen molar-refractivity contribution in [3.63, 3.8) is 0 Å². The average Bonchev–Trinajstić information content (AvgIpc) is 2.64. The summed E-state index contributed by atoms with van der Waals surface area (Å²) < 4.78 is 5.88. The van der Waals surface area contributed by atoms with E-state index in [9.17, 15) is 4.79 Å². The van der Waals surface area contributed by atoms with Crippen LogP contribution in [0.2, 0.25) is 0 Å². The molecular weight excluding hydrogens is 308 g/mol. The summed E-state index contributed by atoms with van der Waals surface area (Å²) in [6, 6.07) is 0. The molecule has 2 rings (SSSR count). The number of rotatable bonds is 9. The summed E-state index contributed by atoms with van der Waals surface area (Å²) in [7, 11) is 0. The molecule has 144 valence electrons. The van der Waals surface area contributed by atoms with Crippen LogP contribution in [0.15, 0.2) is 12.2 Å². The first-order chi connectivity index (χ1) is 12.2. The minimum absolute atomic E-state index is 0.108. The van der Waals surface area contributed by atoms with Crippen LogP contribution in [0.3, 0.4) is 0 Å². The second-order valence-corrected chi connectivity index (χ2v) is 8.40. The van der Waals surface area contributed by atoms with Crippen molar-refractivity contribution in [3.05, 3.63) is 12.2 Å². The first-order valence-corrected chi connectivity index (χ1v) is 11.1. The van der Waals surface area contributed by atoms with Gasteiger partial charge in [-0.15, -0.1) is 0 Å². The number of carbonyl (C=O) groups is 1. The normalized spacial score (nSPS) is 30.5. The quantitative estimate of drug-likeness (QED) is 0.259. The fraction of sp³-hybridized carbons (Fsp3) is 0.870. The first-order valence-electron chi connectivity index (χ1n) is 11.1. The number of allylic oxidation sites excluding steroid dienone is 2. The van der Waals surface area contributed by atoms with Crippen LogP contribution in [-0.4, -0.2) is 12.1 Å². The van der Waals surface area contributed by atoms with Crippen molar-refractivity contribution >= 4 is 5.97 Å². The number of carbonyl (C=O) groups excluding carboxylic acids is 1. The predicted molar refractivity (Wildman–Crippen MR) is 105 cm³/mol. The molecule has 0 heterocycles. The smallest absolute Gasteiger partial charge is 0.309 e. The van der Waals surface area contributed by atoms with Crippen LogP contribution in [0.5, 0.6) is 0 Å². The molecule has 2 aliphatic carbocycles. The van der Waals surface area contributed by atoms with Gasteiger partial charge in [-0.3, -0.25) is 4.79 Å². The molecule has 0 aromatic rings. The minimum Gasteiger partial charge on any atom is -0.462 e. The van der Waals surface area contributed by atoms with E-state index in [1.165, 1.54) is 64.2 Å². The van der Waals surface area contributed by atoms with E-state index in [0.717, 1.165) is 31.6 Å². The first kappa shape index (κ1) is 20.5. The van der Waals surface area contributed by atoms with Crippen LogP contribution in [-0.2, 0) is 9.53 Å². The summed E-state index contributed by atoms with van der Waals surface area (Å²) in [5, 5.41) is 0. The van der Waals surface area contributed by atoms with Crippen LogP contribution in [0.4, 0.5) is 0 Å². The Morgan fingerprint density at radius 1 is 0.920 bits per heavy atom. The summed E-state index contributed by atoms with van der Waals surface area (Å²) >= 11 is 0. The fourth-order valence-electron chi connectivity index (χ4n) is 4.48. The maximum atomic E-state index is 12.5. The van der Waals surface area contributed by atoms with Gasteiger partial charge in [-0.2, -0.15) is 0 Å². The Kier molecular flexibility index (Phi) is 9.65. The average molecular weight is 349 g/mol. The van der Waals surface area contributed by atoms with E-state index in [2.05, 4.69) is 26.0 Å². The Balaban J connectivity index is 1.61. The van der Waals surface area contributed by atoms with Gasteiger partial charge in [-0.25, -0.2) is 0 Å². The summed E-state index contributed by atoms with van der Waals surface area (Å²) in [6.45, 7) is 4.49. The predicted octanol–water partition coefficient (Wildman–Crippen LogP) is 6.83. The van der Waals surface area contributed by atoms with Crippen molar-refractivity contribution in [2.45, 2.75) is 110 Å². The molecule has 25 heavy (non-hydrogen) atoms. The van der Waals surface area contributed by atoms with Crippen molar-refractivity contribution in [1.82, 2.24) is 0 Å². The molecule has 2 nitrogen and oxygen atoms in total. The molecule has 0 amide bonds. The maximum Gasteiger partial charge on any atom is 0.309 e. The lowest BCUT2D eigenvalue weighted by Crippen LogP contribution is -2.30. The zero-order chi connectivity index (χ0) is 17.9. The minimum atomic E-state index is 0.108. The van der Waals surface area contributed by atoms with E-state index >= 15 is 0 Å². The van der Waals surface area contributed by atoms with Gasteiger partial charge >= 0.3 is 5.97 Å². The van der Waals surface area contributed by atoms with Gasteiger partial charge in [0.2, 0.25) is 0 Å².